The first kappa shape index (κ1) is 22.2. The number of rotatable bonds is 9. The zero-order valence-electron chi connectivity index (χ0n) is 17.7. The highest BCUT2D eigenvalue weighted by Crippen LogP contribution is 2.17. The van der Waals surface area contributed by atoms with Crippen LogP contribution in [0.15, 0.2) is 45.9 Å². The van der Waals surface area contributed by atoms with Gasteiger partial charge in [-0.1, -0.05) is 48.3 Å². The van der Waals surface area contributed by atoms with Gasteiger partial charge in [-0.25, -0.2) is 19.5 Å². The van der Waals surface area contributed by atoms with Gasteiger partial charge in [0, 0.05) is 22.9 Å². The van der Waals surface area contributed by atoms with Crippen molar-refractivity contribution in [2.24, 2.45) is 0 Å². The Kier molecular flexibility index (Phi) is 7.74. The zero-order chi connectivity index (χ0) is 21.5. The summed E-state index contributed by atoms with van der Waals surface area (Å²) >= 11 is 3.47. The second-order valence-electron chi connectivity index (χ2n) is 7.01. The SMILES string of the molecule is CCCCc1nc(CC)n(-c2ncc(OCC)cn2)c(=O)c1Cc1ccc(Br)cc1. The molecule has 3 rings (SSSR count). The highest BCUT2D eigenvalue weighted by Gasteiger charge is 2.19. The molecule has 0 fully saturated rings. The molecule has 0 aliphatic carbocycles. The lowest BCUT2D eigenvalue weighted by Crippen LogP contribution is -2.30. The third-order valence-corrected chi connectivity index (χ3v) is 5.36. The molecule has 7 heteroatoms. The largest absolute Gasteiger partial charge is 0.491 e. The summed E-state index contributed by atoms with van der Waals surface area (Å²) in [6, 6.07) is 8.03. The second kappa shape index (κ2) is 10.5. The van der Waals surface area contributed by atoms with Gasteiger partial charge in [-0.15, -0.1) is 0 Å². The van der Waals surface area contributed by atoms with Gasteiger partial charge in [0.1, 0.15) is 5.82 Å². The van der Waals surface area contributed by atoms with Gasteiger partial charge in [0.15, 0.2) is 5.75 Å². The summed E-state index contributed by atoms with van der Waals surface area (Å²) < 4.78 is 7.98. The van der Waals surface area contributed by atoms with Crippen molar-refractivity contribution >= 4 is 15.9 Å². The molecule has 0 spiro atoms. The molecule has 0 N–H and O–H groups in total. The highest BCUT2D eigenvalue weighted by atomic mass is 79.9. The van der Waals surface area contributed by atoms with Gasteiger partial charge in [-0.3, -0.25) is 4.79 Å². The molecular weight excluding hydrogens is 444 g/mol. The standard InChI is InChI=1S/C23H27BrN4O2/c1-4-7-8-20-19(13-16-9-11-17(24)12-10-16)22(29)28(21(5-2)27-20)23-25-14-18(15-26-23)30-6-3/h9-12,14-15H,4-8,13H2,1-3H3. The molecule has 0 aliphatic rings. The first-order chi connectivity index (χ1) is 14.6. The van der Waals surface area contributed by atoms with Crippen LogP contribution in [-0.4, -0.2) is 26.1 Å². The highest BCUT2D eigenvalue weighted by molar-refractivity contribution is 9.10. The fraction of sp³-hybridized carbons (Fsp3) is 0.391. The van der Waals surface area contributed by atoms with E-state index in [2.05, 4.69) is 32.8 Å². The van der Waals surface area contributed by atoms with Crippen molar-refractivity contribution in [1.29, 1.82) is 0 Å². The number of nitrogens with zero attached hydrogens (tertiary/aromatic N) is 4. The van der Waals surface area contributed by atoms with Crippen molar-refractivity contribution in [1.82, 2.24) is 19.5 Å². The van der Waals surface area contributed by atoms with E-state index in [1.165, 1.54) is 0 Å². The van der Waals surface area contributed by atoms with Crippen molar-refractivity contribution in [2.45, 2.75) is 52.9 Å². The molecule has 0 radical (unpaired) electrons. The number of aromatic nitrogens is 4. The zero-order valence-corrected chi connectivity index (χ0v) is 19.3. The van der Waals surface area contributed by atoms with Gasteiger partial charge in [0.2, 0.25) is 5.95 Å². The summed E-state index contributed by atoms with van der Waals surface area (Å²) in [5, 5.41) is 0. The molecule has 2 heterocycles. The Hall–Kier alpha value is -2.54. The van der Waals surface area contributed by atoms with Gasteiger partial charge < -0.3 is 4.74 Å². The Morgan fingerprint density at radius 3 is 2.37 bits per heavy atom. The first-order valence-corrected chi connectivity index (χ1v) is 11.2. The molecule has 3 aromatic rings. The maximum absolute atomic E-state index is 13.6. The minimum absolute atomic E-state index is 0.0972. The Bertz CT molecular complexity index is 1030. The molecule has 0 unspecified atom stereocenters. The lowest BCUT2D eigenvalue weighted by Gasteiger charge is -2.16. The van der Waals surface area contributed by atoms with Crippen LogP contribution in [0.4, 0.5) is 0 Å². The summed E-state index contributed by atoms with van der Waals surface area (Å²) in [6.45, 7) is 6.57. The number of benzene rings is 1. The summed E-state index contributed by atoms with van der Waals surface area (Å²) in [4.78, 5) is 27.2. The van der Waals surface area contributed by atoms with E-state index in [9.17, 15) is 4.79 Å². The van der Waals surface area contributed by atoms with Crippen molar-refractivity contribution < 1.29 is 4.74 Å². The fourth-order valence-corrected chi connectivity index (χ4v) is 3.56. The predicted molar refractivity (Wildman–Crippen MR) is 122 cm³/mol. The molecule has 0 aliphatic heterocycles. The van der Waals surface area contributed by atoms with E-state index in [-0.39, 0.29) is 5.56 Å². The van der Waals surface area contributed by atoms with E-state index >= 15 is 0 Å². The Labute approximate surface area is 185 Å². The van der Waals surface area contributed by atoms with E-state index in [0.29, 0.717) is 42.5 Å². The van der Waals surface area contributed by atoms with E-state index in [0.717, 1.165) is 35.0 Å². The van der Waals surface area contributed by atoms with Gasteiger partial charge in [-0.05, 0) is 37.5 Å². The molecule has 0 amide bonds. The van der Waals surface area contributed by atoms with Crippen LogP contribution >= 0.6 is 15.9 Å². The van der Waals surface area contributed by atoms with Crippen molar-refractivity contribution in [3.8, 4) is 11.7 Å². The topological polar surface area (TPSA) is 69.9 Å². The molecular formula is C23H27BrN4O2. The van der Waals surface area contributed by atoms with Gasteiger partial charge in [0.25, 0.3) is 5.56 Å². The Morgan fingerprint density at radius 1 is 1.07 bits per heavy atom. The molecule has 0 saturated heterocycles. The molecule has 30 heavy (non-hydrogen) atoms. The smallest absolute Gasteiger partial charge is 0.264 e. The van der Waals surface area contributed by atoms with Crippen LogP contribution in [0.1, 0.15) is 56.3 Å². The van der Waals surface area contributed by atoms with Gasteiger partial charge in [-0.2, -0.15) is 0 Å². The molecule has 0 bridgehead atoms. The molecule has 6 nitrogen and oxygen atoms in total. The maximum atomic E-state index is 13.6. The van der Waals surface area contributed by atoms with Crippen LogP contribution in [0, 0.1) is 0 Å². The molecule has 0 saturated carbocycles. The van der Waals surface area contributed by atoms with Crippen molar-refractivity contribution in [2.75, 3.05) is 6.61 Å². The second-order valence-corrected chi connectivity index (χ2v) is 7.92. The summed E-state index contributed by atoms with van der Waals surface area (Å²) in [7, 11) is 0. The minimum atomic E-state index is -0.0972. The van der Waals surface area contributed by atoms with Gasteiger partial charge >= 0.3 is 0 Å². The number of unbranched alkanes of at least 4 members (excludes halogenated alkanes) is 1. The molecule has 0 atom stereocenters. The average Bonchev–Trinajstić information content (AvgIpc) is 2.76. The number of hydrogen-bond donors (Lipinski definition) is 0. The summed E-state index contributed by atoms with van der Waals surface area (Å²) in [5.74, 6) is 1.58. The lowest BCUT2D eigenvalue weighted by molar-refractivity contribution is 0.337. The van der Waals surface area contributed by atoms with E-state index in [1.807, 2.05) is 38.1 Å². The molecule has 158 valence electrons. The number of hydrogen-bond acceptors (Lipinski definition) is 5. The van der Waals surface area contributed by atoms with Crippen LogP contribution < -0.4 is 10.3 Å². The first-order valence-electron chi connectivity index (χ1n) is 10.4. The molecule has 2 aromatic heterocycles. The van der Waals surface area contributed by atoms with Crippen LogP contribution in [0.2, 0.25) is 0 Å². The number of ether oxygens (including phenoxy) is 1. The number of aryl methyl sites for hydroxylation is 2. The summed E-state index contributed by atoms with van der Waals surface area (Å²) in [5.41, 5.74) is 2.56. The average molecular weight is 471 g/mol. The number of halogens is 1. The third kappa shape index (κ3) is 5.14. The van der Waals surface area contributed by atoms with Gasteiger partial charge in [0.05, 0.1) is 24.7 Å². The van der Waals surface area contributed by atoms with Crippen molar-refractivity contribution in [3.63, 3.8) is 0 Å². The minimum Gasteiger partial charge on any atom is -0.491 e. The quantitative estimate of drug-likeness (QED) is 0.453. The van der Waals surface area contributed by atoms with E-state index < -0.39 is 0 Å². The summed E-state index contributed by atoms with van der Waals surface area (Å²) in [6.07, 6.45) is 7.16. The van der Waals surface area contributed by atoms with Crippen molar-refractivity contribution in [3.05, 3.63) is 74.1 Å². The Balaban J connectivity index is 2.11. The monoisotopic (exact) mass is 470 g/mol. The van der Waals surface area contributed by atoms with E-state index in [4.69, 9.17) is 9.72 Å². The van der Waals surface area contributed by atoms with Crippen LogP contribution in [0.5, 0.6) is 5.75 Å². The Morgan fingerprint density at radius 2 is 1.77 bits per heavy atom. The fourth-order valence-electron chi connectivity index (χ4n) is 3.29. The normalized spacial score (nSPS) is 10.9. The van der Waals surface area contributed by atoms with Crippen LogP contribution in [0.25, 0.3) is 5.95 Å². The lowest BCUT2D eigenvalue weighted by atomic mass is 10.0. The van der Waals surface area contributed by atoms with E-state index in [1.54, 1.807) is 17.0 Å². The predicted octanol–water partition coefficient (Wildman–Crippen LogP) is 4.68. The maximum Gasteiger partial charge on any atom is 0.264 e. The van der Waals surface area contributed by atoms with Crippen LogP contribution in [-0.2, 0) is 19.3 Å². The molecule has 1 aromatic carbocycles. The van der Waals surface area contributed by atoms with Crippen LogP contribution in [0.3, 0.4) is 0 Å². The third-order valence-electron chi connectivity index (χ3n) is 4.83.